The molecule has 3 aromatic rings. The van der Waals surface area contributed by atoms with Crippen LogP contribution in [0.1, 0.15) is 36.0 Å². The second-order valence-corrected chi connectivity index (χ2v) is 7.54. The van der Waals surface area contributed by atoms with Crippen molar-refractivity contribution >= 4 is 52.1 Å². The van der Waals surface area contributed by atoms with Crippen LogP contribution in [0.25, 0.3) is 0 Å². The molecule has 0 spiro atoms. The lowest BCUT2D eigenvalue weighted by Gasteiger charge is -2.11. The molecule has 0 fully saturated rings. The number of rotatable bonds is 4. The average Bonchev–Trinajstić information content (AvgIpc) is 3.28. The van der Waals surface area contributed by atoms with Crippen molar-refractivity contribution in [2.45, 2.75) is 6.92 Å². The van der Waals surface area contributed by atoms with Crippen LogP contribution in [0.5, 0.6) is 0 Å². The third-order valence-electron chi connectivity index (χ3n) is 4.06. The van der Waals surface area contributed by atoms with Gasteiger partial charge in [-0.1, -0.05) is 24.3 Å². The van der Waals surface area contributed by atoms with Gasteiger partial charge in [-0.05, 0) is 66.5 Å². The maximum Gasteiger partial charge on any atom is 0.269 e. The van der Waals surface area contributed by atoms with E-state index in [1.54, 1.807) is 53.9 Å². The van der Waals surface area contributed by atoms with E-state index in [4.69, 9.17) is 12.2 Å². The highest BCUT2D eigenvalue weighted by molar-refractivity contribution is 7.80. The number of thiophene rings is 1. The summed E-state index contributed by atoms with van der Waals surface area (Å²) in [7, 11) is 0. The minimum absolute atomic E-state index is 0.0242. The van der Waals surface area contributed by atoms with Crippen LogP contribution in [0.4, 0.5) is 5.69 Å². The number of anilines is 1. The van der Waals surface area contributed by atoms with Crippen LogP contribution >= 0.6 is 23.6 Å². The lowest BCUT2D eigenvalue weighted by molar-refractivity contribution is 0.0935. The van der Waals surface area contributed by atoms with Crippen molar-refractivity contribution in [1.29, 1.82) is 0 Å². The number of carbonyl (C=O) groups is 3. The fourth-order valence-corrected chi connectivity index (χ4v) is 3.28. The number of thiocarbonyl (C=S) groups is 1. The first-order valence-corrected chi connectivity index (χ1v) is 10.1. The van der Waals surface area contributed by atoms with E-state index in [1.165, 1.54) is 11.3 Å². The molecule has 3 rings (SSSR count). The van der Waals surface area contributed by atoms with Gasteiger partial charge in [-0.3, -0.25) is 30.6 Å². The van der Waals surface area contributed by atoms with Crippen LogP contribution in [-0.4, -0.2) is 22.8 Å². The number of nitrogens with one attached hydrogen (secondary N) is 4. The summed E-state index contributed by atoms with van der Waals surface area (Å²) in [5, 5.41) is 7.02. The van der Waals surface area contributed by atoms with Gasteiger partial charge in [0.15, 0.2) is 5.11 Å². The van der Waals surface area contributed by atoms with Crippen molar-refractivity contribution in [1.82, 2.24) is 16.2 Å². The molecule has 7 nitrogen and oxygen atoms in total. The SMILES string of the molecule is Cc1ccccc1C(=O)Nc1ccc(C(=O)NNC(=S)NC(=O)c2cccs2)cc1. The van der Waals surface area contributed by atoms with Gasteiger partial charge < -0.3 is 5.32 Å². The van der Waals surface area contributed by atoms with Gasteiger partial charge in [-0.25, -0.2) is 0 Å². The van der Waals surface area contributed by atoms with Crippen molar-refractivity contribution in [3.63, 3.8) is 0 Å². The fourth-order valence-electron chi connectivity index (χ4n) is 2.52. The Bertz CT molecular complexity index is 1080. The van der Waals surface area contributed by atoms with E-state index >= 15 is 0 Å². The second-order valence-electron chi connectivity index (χ2n) is 6.19. The molecule has 0 saturated carbocycles. The predicted molar refractivity (Wildman–Crippen MR) is 121 cm³/mol. The second kappa shape index (κ2) is 9.77. The average molecular weight is 439 g/mol. The molecule has 0 saturated heterocycles. The zero-order valence-electron chi connectivity index (χ0n) is 15.9. The number of hydrogen-bond acceptors (Lipinski definition) is 5. The molecule has 9 heteroatoms. The molecule has 2 aromatic carbocycles. The molecule has 0 unspecified atom stereocenters. The van der Waals surface area contributed by atoms with Gasteiger partial charge in [0.25, 0.3) is 17.7 Å². The van der Waals surface area contributed by atoms with Gasteiger partial charge in [0.1, 0.15) is 0 Å². The largest absolute Gasteiger partial charge is 0.322 e. The van der Waals surface area contributed by atoms with Crippen molar-refractivity contribution in [2.24, 2.45) is 0 Å². The van der Waals surface area contributed by atoms with Crippen LogP contribution in [0.15, 0.2) is 66.0 Å². The van der Waals surface area contributed by atoms with Crippen LogP contribution in [0.2, 0.25) is 0 Å². The maximum absolute atomic E-state index is 12.4. The van der Waals surface area contributed by atoms with E-state index < -0.39 is 5.91 Å². The Labute approximate surface area is 182 Å². The van der Waals surface area contributed by atoms with Crippen LogP contribution < -0.4 is 21.5 Å². The molecule has 1 aromatic heterocycles. The summed E-state index contributed by atoms with van der Waals surface area (Å²) in [4.78, 5) is 37.0. The highest BCUT2D eigenvalue weighted by Gasteiger charge is 2.11. The quantitative estimate of drug-likeness (QED) is 0.370. The predicted octanol–water partition coefficient (Wildman–Crippen LogP) is 3.26. The Balaban J connectivity index is 1.51. The summed E-state index contributed by atoms with van der Waals surface area (Å²) in [5.41, 5.74) is 7.27. The molecule has 0 aliphatic rings. The smallest absolute Gasteiger partial charge is 0.269 e. The lowest BCUT2D eigenvalue weighted by atomic mass is 10.1. The first-order valence-electron chi connectivity index (χ1n) is 8.86. The summed E-state index contributed by atoms with van der Waals surface area (Å²) in [6.45, 7) is 1.86. The normalized spacial score (nSPS) is 10.0. The van der Waals surface area contributed by atoms with Gasteiger partial charge >= 0.3 is 0 Å². The number of carbonyl (C=O) groups excluding carboxylic acids is 3. The van der Waals surface area contributed by atoms with E-state index in [2.05, 4.69) is 21.5 Å². The standard InChI is InChI=1S/C21H18N4O3S2/c1-13-5-2-3-6-16(13)19(27)22-15-10-8-14(9-11-15)18(26)24-25-21(29)23-20(28)17-7-4-12-30-17/h2-12H,1H3,(H,22,27)(H,24,26)(H2,23,25,28,29). The first kappa shape index (κ1) is 21.2. The van der Waals surface area contributed by atoms with Crippen LogP contribution in [0.3, 0.4) is 0 Å². The zero-order valence-corrected chi connectivity index (χ0v) is 17.5. The molecule has 30 heavy (non-hydrogen) atoms. The molecule has 4 N–H and O–H groups in total. The molecule has 0 radical (unpaired) electrons. The van der Waals surface area contributed by atoms with Gasteiger partial charge in [0.2, 0.25) is 0 Å². The summed E-state index contributed by atoms with van der Waals surface area (Å²) in [5.74, 6) is -1.02. The van der Waals surface area contributed by atoms with E-state index in [0.717, 1.165) is 5.56 Å². The summed E-state index contributed by atoms with van der Waals surface area (Å²) >= 11 is 6.28. The third kappa shape index (κ3) is 5.49. The minimum atomic E-state index is -0.445. The Morgan fingerprint density at radius 1 is 0.833 bits per heavy atom. The Morgan fingerprint density at radius 3 is 2.23 bits per heavy atom. The van der Waals surface area contributed by atoms with Gasteiger partial charge in [0, 0.05) is 16.8 Å². The molecule has 0 aliphatic carbocycles. The summed E-state index contributed by atoms with van der Waals surface area (Å²) in [6, 6.07) is 17.1. The summed E-state index contributed by atoms with van der Waals surface area (Å²) < 4.78 is 0. The minimum Gasteiger partial charge on any atom is -0.322 e. The van der Waals surface area contributed by atoms with E-state index in [9.17, 15) is 14.4 Å². The van der Waals surface area contributed by atoms with Crippen molar-refractivity contribution in [3.8, 4) is 0 Å². The van der Waals surface area contributed by atoms with Gasteiger partial charge in [-0.15, -0.1) is 11.3 Å². The first-order chi connectivity index (χ1) is 14.4. The number of aryl methyl sites for hydroxylation is 1. The molecule has 0 atom stereocenters. The molecular formula is C21H18N4O3S2. The Hall–Kier alpha value is -3.56. The number of benzene rings is 2. The van der Waals surface area contributed by atoms with Gasteiger partial charge in [-0.2, -0.15) is 0 Å². The molecule has 152 valence electrons. The topological polar surface area (TPSA) is 99.3 Å². The van der Waals surface area contributed by atoms with Crippen molar-refractivity contribution in [3.05, 3.63) is 87.6 Å². The molecule has 3 amide bonds. The van der Waals surface area contributed by atoms with E-state index in [-0.39, 0.29) is 16.9 Å². The molecular weight excluding hydrogens is 420 g/mol. The van der Waals surface area contributed by atoms with E-state index in [1.807, 2.05) is 19.1 Å². The van der Waals surface area contributed by atoms with Crippen molar-refractivity contribution < 1.29 is 14.4 Å². The summed E-state index contributed by atoms with van der Waals surface area (Å²) in [6.07, 6.45) is 0. The third-order valence-corrected chi connectivity index (χ3v) is 5.13. The molecule has 1 heterocycles. The fraction of sp³-hybridized carbons (Fsp3) is 0.0476. The number of hydrazine groups is 1. The molecule has 0 bridgehead atoms. The van der Waals surface area contributed by atoms with Gasteiger partial charge in [0.05, 0.1) is 4.88 Å². The highest BCUT2D eigenvalue weighted by Crippen LogP contribution is 2.13. The monoisotopic (exact) mass is 438 g/mol. The number of amides is 3. The number of hydrogen-bond donors (Lipinski definition) is 4. The van der Waals surface area contributed by atoms with E-state index in [0.29, 0.717) is 21.7 Å². The van der Waals surface area contributed by atoms with Crippen LogP contribution in [0, 0.1) is 6.92 Å². The Kier molecular flexibility index (Phi) is 6.89. The Morgan fingerprint density at radius 2 is 1.57 bits per heavy atom. The van der Waals surface area contributed by atoms with Crippen molar-refractivity contribution in [2.75, 3.05) is 5.32 Å². The van der Waals surface area contributed by atoms with Crippen LogP contribution in [-0.2, 0) is 0 Å². The maximum atomic E-state index is 12.4. The lowest BCUT2D eigenvalue weighted by Crippen LogP contribution is -2.48. The molecule has 0 aliphatic heterocycles. The zero-order chi connectivity index (χ0) is 21.5. The highest BCUT2D eigenvalue weighted by atomic mass is 32.1.